The molecular weight excluding hydrogens is 334 g/mol. The predicted octanol–water partition coefficient (Wildman–Crippen LogP) is 1.91. The van der Waals surface area contributed by atoms with Crippen LogP contribution in [0.5, 0.6) is 0 Å². The van der Waals surface area contributed by atoms with Crippen LogP contribution >= 0.6 is 0 Å². The maximum absolute atomic E-state index is 12.5. The molecule has 1 aliphatic heterocycles. The van der Waals surface area contributed by atoms with Gasteiger partial charge in [-0.2, -0.15) is 5.10 Å². The first-order chi connectivity index (χ1) is 12.5. The van der Waals surface area contributed by atoms with Crippen LogP contribution in [0.4, 0.5) is 16.2 Å². The van der Waals surface area contributed by atoms with Crippen LogP contribution in [0, 0.1) is 12.8 Å². The Balaban J connectivity index is 1.51. The van der Waals surface area contributed by atoms with Crippen molar-refractivity contribution >= 4 is 29.2 Å². The smallest absolute Gasteiger partial charge is 0.328 e. The lowest BCUT2D eigenvalue weighted by atomic mass is 10.1. The molecule has 134 valence electrons. The van der Waals surface area contributed by atoms with Gasteiger partial charge in [0.15, 0.2) is 0 Å². The van der Waals surface area contributed by atoms with Gasteiger partial charge < -0.3 is 10.6 Å². The average Bonchev–Trinajstić information content (AvgIpc) is 3.19. The Morgan fingerprint density at radius 2 is 2.15 bits per heavy atom. The number of nitrogens with one attached hydrogen (secondary N) is 2. The number of amides is 4. The van der Waals surface area contributed by atoms with Crippen molar-refractivity contribution in [3.63, 3.8) is 0 Å². The van der Waals surface area contributed by atoms with E-state index >= 15 is 0 Å². The van der Waals surface area contributed by atoms with Gasteiger partial charge in [-0.1, -0.05) is 6.07 Å². The molecule has 0 bridgehead atoms. The van der Waals surface area contributed by atoms with E-state index in [1.165, 1.54) is 12.8 Å². The first kappa shape index (κ1) is 16.3. The Bertz CT molecular complexity index is 884. The molecule has 1 saturated carbocycles. The van der Waals surface area contributed by atoms with Crippen LogP contribution in [0.3, 0.4) is 0 Å². The second-order valence-corrected chi connectivity index (χ2v) is 6.74. The topological polar surface area (TPSA) is 96.3 Å². The Kier molecular flexibility index (Phi) is 3.95. The van der Waals surface area contributed by atoms with Gasteiger partial charge in [0.05, 0.1) is 24.0 Å². The van der Waals surface area contributed by atoms with Gasteiger partial charge in [0.1, 0.15) is 0 Å². The number of carbonyl (C=O) groups is 3. The zero-order chi connectivity index (χ0) is 18.3. The largest absolute Gasteiger partial charge is 0.329 e. The summed E-state index contributed by atoms with van der Waals surface area (Å²) in [5.74, 6) is 0.0802. The molecule has 0 spiro atoms. The summed E-state index contributed by atoms with van der Waals surface area (Å²) in [6.45, 7) is 2.63. The molecule has 8 heteroatoms. The lowest BCUT2D eigenvalue weighted by molar-refractivity contribution is -0.115. The van der Waals surface area contributed by atoms with Gasteiger partial charge in [0.2, 0.25) is 0 Å². The van der Waals surface area contributed by atoms with E-state index in [0.29, 0.717) is 22.9 Å². The normalized spacial score (nSPS) is 16.7. The molecule has 8 nitrogen and oxygen atoms in total. The Morgan fingerprint density at radius 1 is 1.35 bits per heavy atom. The molecule has 26 heavy (non-hydrogen) atoms. The van der Waals surface area contributed by atoms with Crippen LogP contribution in [0.1, 0.15) is 28.8 Å². The number of hydrogen-bond acceptors (Lipinski definition) is 4. The summed E-state index contributed by atoms with van der Waals surface area (Å²) in [5.41, 5.74) is 2.22. The van der Waals surface area contributed by atoms with E-state index in [2.05, 4.69) is 15.7 Å². The van der Waals surface area contributed by atoms with E-state index in [1.807, 2.05) is 6.92 Å². The van der Waals surface area contributed by atoms with Gasteiger partial charge in [-0.3, -0.25) is 14.3 Å². The highest BCUT2D eigenvalue weighted by Gasteiger charge is 2.31. The molecule has 1 aromatic carbocycles. The molecule has 1 aromatic heterocycles. The van der Waals surface area contributed by atoms with Crippen molar-refractivity contribution in [2.45, 2.75) is 26.3 Å². The van der Waals surface area contributed by atoms with Gasteiger partial charge in [0.25, 0.3) is 11.8 Å². The molecule has 0 radical (unpaired) electrons. The minimum absolute atomic E-state index is 0.0188. The number of imide groups is 1. The number of benzene rings is 1. The van der Waals surface area contributed by atoms with Gasteiger partial charge in [-0.15, -0.1) is 0 Å². The van der Waals surface area contributed by atoms with Crippen LogP contribution in [-0.2, 0) is 11.3 Å². The molecule has 0 atom stereocenters. The third kappa shape index (κ3) is 3.17. The summed E-state index contributed by atoms with van der Waals surface area (Å²) >= 11 is 0. The second-order valence-electron chi connectivity index (χ2n) is 6.74. The third-order valence-electron chi connectivity index (χ3n) is 4.59. The van der Waals surface area contributed by atoms with Crippen molar-refractivity contribution in [3.8, 4) is 0 Å². The van der Waals surface area contributed by atoms with E-state index in [1.54, 1.807) is 35.3 Å². The fraction of sp³-hybridized carbons (Fsp3) is 0.333. The van der Waals surface area contributed by atoms with Crippen LogP contribution < -0.4 is 15.5 Å². The molecule has 4 rings (SSSR count). The van der Waals surface area contributed by atoms with Crippen molar-refractivity contribution in [3.05, 3.63) is 41.7 Å². The van der Waals surface area contributed by atoms with Gasteiger partial charge in [-0.05, 0) is 43.4 Å². The number of rotatable bonds is 5. The molecule has 4 amide bonds. The summed E-state index contributed by atoms with van der Waals surface area (Å²) in [6.07, 6.45) is 5.72. The molecule has 2 fully saturated rings. The number of hydrogen-bond donors (Lipinski definition) is 2. The summed E-state index contributed by atoms with van der Waals surface area (Å²) in [6, 6.07) is 4.68. The summed E-state index contributed by atoms with van der Waals surface area (Å²) in [7, 11) is 0. The zero-order valence-electron chi connectivity index (χ0n) is 14.4. The van der Waals surface area contributed by atoms with E-state index in [-0.39, 0.29) is 18.4 Å². The quantitative estimate of drug-likeness (QED) is 0.803. The fourth-order valence-electron chi connectivity index (χ4n) is 2.94. The molecule has 2 heterocycles. The molecule has 0 unspecified atom stereocenters. The highest BCUT2D eigenvalue weighted by Crippen LogP contribution is 2.30. The molecule has 2 aromatic rings. The number of nitrogens with zero attached hydrogens (tertiary/aromatic N) is 3. The minimum atomic E-state index is -0.456. The summed E-state index contributed by atoms with van der Waals surface area (Å²) in [5, 5.41) is 9.52. The van der Waals surface area contributed by atoms with E-state index in [4.69, 9.17) is 0 Å². The Morgan fingerprint density at radius 3 is 2.85 bits per heavy atom. The highest BCUT2D eigenvalue weighted by molar-refractivity contribution is 6.20. The monoisotopic (exact) mass is 353 g/mol. The number of aryl methyl sites for hydroxylation is 1. The lowest BCUT2D eigenvalue weighted by Crippen LogP contribution is -2.31. The van der Waals surface area contributed by atoms with Crippen molar-refractivity contribution in [2.24, 2.45) is 5.92 Å². The number of anilines is 2. The second kappa shape index (κ2) is 6.29. The van der Waals surface area contributed by atoms with Crippen molar-refractivity contribution in [1.82, 2.24) is 15.1 Å². The van der Waals surface area contributed by atoms with Crippen LogP contribution in [-0.4, -0.2) is 34.2 Å². The van der Waals surface area contributed by atoms with Crippen molar-refractivity contribution in [1.29, 1.82) is 0 Å². The van der Waals surface area contributed by atoms with E-state index in [9.17, 15) is 14.4 Å². The molecular formula is C18H19N5O3. The van der Waals surface area contributed by atoms with Crippen LogP contribution in [0.2, 0.25) is 0 Å². The van der Waals surface area contributed by atoms with Crippen LogP contribution in [0.15, 0.2) is 30.6 Å². The van der Waals surface area contributed by atoms with Crippen molar-refractivity contribution < 1.29 is 14.4 Å². The minimum Gasteiger partial charge on any atom is -0.328 e. The van der Waals surface area contributed by atoms with E-state index in [0.717, 1.165) is 17.0 Å². The summed E-state index contributed by atoms with van der Waals surface area (Å²) in [4.78, 5) is 37.4. The van der Waals surface area contributed by atoms with Gasteiger partial charge in [0, 0.05) is 18.4 Å². The number of carbonyl (C=O) groups excluding carboxylic acids is 3. The third-order valence-corrected chi connectivity index (χ3v) is 4.59. The Hall–Kier alpha value is -3.16. The number of urea groups is 1. The lowest BCUT2D eigenvalue weighted by Gasteiger charge is -2.16. The van der Waals surface area contributed by atoms with Crippen LogP contribution in [0.25, 0.3) is 0 Å². The zero-order valence-corrected chi connectivity index (χ0v) is 14.4. The van der Waals surface area contributed by atoms with Crippen molar-refractivity contribution in [2.75, 3.05) is 16.8 Å². The molecule has 1 saturated heterocycles. The number of aromatic nitrogens is 2. The van der Waals surface area contributed by atoms with E-state index < -0.39 is 6.03 Å². The molecule has 1 aliphatic carbocycles. The fourth-order valence-corrected chi connectivity index (χ4v) is 2.94. The highest BCUT2D eigenvalue weighted by atomic mass is 16.2. The van der Waals surface area contributed by atoms with Gasteiger partial charge in [-0.25, -0.2) is 9.69 Å². The maximum Gasteiger partial charge on any atom is 0.329 e. The average molecular weight is 353 g/mol. The SMILES string of the molecule is Cc1ccc(NC(=O)c2cnn(CC3CC3)c2)cc1N1C(=O)CNC1=O. The predicted molar refractivity (Wildman–Crippen MR) is 95.0 cm³/mol. The molecule has 2 N–H and O–H groups in total. The first-order valence-electron chi connectivity index (χ1n) is 8.56. The van der Waals surface area contributed by atoms with Gasteiger partial charge >= 0.3 is 6.03 Å². The first-order valence-corrected chi connectivity index (χ1v) is 8.56. The standard InChI is InChI=1S/C18H19N5O3/c1-11-2-5-14(6-15(11)23-16(24)8-19-18(23)26)21-17(25)13-7-20-22(10-13)9-12-3-4-12/h2,5-7,10,12H,3-4,8-9H2,1H3,(H,19,26)(H,21,25). The molecule has 2 aliphatic rings. The maximum atomic E-state index is 12.5. The summed E-state index contributed by atoms with van der Waals surface area (Å²) < 4.78 is 1.79. The Labute approximate surface area is 150 Å².